The maximum absolute atomic E-state index is 11.9. The van der Waals surface area contributed by atoms with Gasteiger partial charge in [-0.1, -0.05) is 13.3 Å². The van der Waals surface area contributed by atoms with Crippen LogP contribution in [-0.4, -0.2) is 42.9 Å². The first-order valence-electron chi connectivity index (χ1n) is 6.85. The number of hydrogen-bond acceptors (Lipinski definition) is 5. The zero-order chi connectivity index (χ0) is 14.1. The van der Waals surface area contributed by atoms with Gasteiger partial charge in [-0.05, 0) is 6.42 Å². The van der Waals surface area contributed by atoms with Crippen molar-refractivity contribution in [1.82, 2.24) is 5.32 Å². The van der Waals surface area contributed by atoms with Crippen LogP contribution < -0.4 is 5.32 Å². The van der Waals surface area contributed by atoms with Crippen molar-refractivity contribution in [3.05, 3.63) is 0 Å². The second-order valence-corrected chi connectivity index (χ2v) is 4.98. The first-order chi connectivity index (χ1) is 9.17. The van der Waals surface area contributed by atoms with Crippen molar-refractivity contribution in [3.8, 4) is 0 Å². The predicted molar refractivity (Wildman–Crippen MR) is 70.5 cm³/mol. The van der Waals surface area contributed by atoms with E-state index in [0.29, 0.717) is 32.5 Å². The lowest BCUT2D eigenvalue weighted by Gasteiger charge is -2.36. The minimum atomic E-state index is 0.0168. The number of likely N-dealkylation sites (tertiary alicyclic amines) is 1. The number of rotatable bonds is 8. The minimum Gasteiger partial charge on any atom is -0.356 e. The van der Waals surface area contributed by atoms with Crippen LogP contribution in [-0.2, 0) is 9.73 Å². The molecule has 0 aromatic rings. The molecule has 0 bridgehead atoms. The highest BCUT2D eigenvalue weighted by Crippen LogP contribution is 2.24. The van der Waals surface area contributed by atoms with Gasteiger partial charge in [-0.25, -0.2) is 0 Å². The molecule has 1 aliphatic rings. The minimum absolute atomic E-state index is 0.0168. The van der Waals surface area contributed by atoms with E-state index in [9.17, 15) is 4.79 Å². The highest BCUT2D eigenvalue weighted by Gasteiger charge is 2.39. The quantitative estimate of drug-likeness (QED) is 0.205. The van der Waals surface area contributed by atoms with Crippen LogP contribution in [0.4, 0.5) is 0 Å². The third kappa shape index (κ3) is 4.59. The molecular weight excluding hydrogens is 246 g/mol. The normalized spacial score (nSPS) is 26.5. The summed E-state index contributed by atoms with van der Waals surface area (Å²) in [5.41, 5.74) is 6.82. The summed E-state index contributed by atoms with van der Waals surface area (Å²) >= 11 is 0. The molecular formula is C12H24N5O2+. The third-order valence-corrected chi connectivity index (χ3v) is 3.61. The maximum atomic E-state index is 11.9. The second-order valence-electron chi connectivity index (χ2n) is 4.98. The molecule has 1 aliphatic heterocycles. The van der Waals surface area contributed by atoms with Crippen LogP contribution in [0.2, 0.25) is 0 Å². The van der Waals surface area contributed by atoms with Crippen LogP contribution in [0.15, 0.2) is 5.28 Å². The molecule has 7 nitrogen and oxygen atoms in total. The Labute approximate surface area is 113 Å². The summed E-state index contributed by atoms with van der Waals surface area (Å²) < 4.78 is 0.158. The zero-order valence-electron chi connectivity index (χ0n) is 11.5. The van der Waals surface area contributed by atoms with Crippen molar-refractivity contribution in [2.24, 2.45) is 11.2 Å². The zero-order valence-corrected chi connectivity index (χ0v) is 11.5. The van der Waals surface area contributed by atoms with E-state index in [4.69, 9.17) is 15.9 Å². The van der Waals surface area contributed by atoms with Gasteiger partial charge < -0.3 is 10.7 Å². The van der Waals surface area contributed by atoms with Crippen molar-refractivity contribution in [1.29, 1.82) is 10.9 Å². The Balaban J connectivity index is 2.43. The van der Waals surface area contributed by atoms with Crippen molar-refractivity contribution >= 4 is 12.1 Å². The van der Waals surface area contributed by atoms with Crippen molar-refractivity contribution < 1.29 is 14.4 Å². The van der Waals surface area contributed by atoms with E-state index in [1.54, 1.807) is 0 Å². The molecule has 1 fully saturated rings. The summed E-state index contributed by atoms with van der Waals surface area (Å²) in [6, 6.07) is 0. The molecule has 0 aromatic carbocycles. The second kappa shape index (κ2) is 7.83. The number of unbranched alkanes of at least 4 members (excludes halogenated alkanes) is 1. The summed E-state index contributed by atoms with van der Waals surface area (Å²) in [6.07, 6.45) is 4.77. The number of quaternary nitrogens is 1. The molecule has 0 aromatic heterocycles. The summed E-state index contributed by atoms with van der Waals surface area (Å²) in [7, 11) is 0. The van der Waals surface area contributed by atoms with E-state index < -0.39 is 0 Å². The van der Waals surface area contributed by atoms with Crippen molar-refractivity contribution in [3.63, 3.8) is 0 Å². The van der Waals surface area contributed by atoms with Crippen LogP contribution in [0, 0.1) is 16.9 Å². The summed E-state index contributed by atoms with van der Waals surface area (Å²) in [4.78, 5) is 17.0. The molecule has 1 rings (SSSR count). The molecule has 108 valence electrons. The molecule has 0 spiro atoms. The number of nitrogens with zero attached hydrogens (tertiary/aromatic N) is 2. The highest BCUT2D eigenvalue weighted by atomic mass is 16.8. The van der Waals surface area contributed by atoms with Gasteiger partial charge in [-0.15, -0.1) is 4.65 Å². The fourth-order valence-corrected chi connectivity index (χ4v) is 2.38. The van der Waals surface area contributed by atoms with Crippen molar-refractivity contribution in [2.45, 2.75) is 32.6 Å². The van der Waals surface area contributed by atoms with Crippen LogP contribution in [0.25, 0.3) is 0 Å². The molecule has 3 N–H and O–H groups in total. The third-order valence-electron chi connectivity index (χ3n) is 3.61. The predicted octanol–water partition coefficient (Wildman–Crippen LogP) is 1.66. The number of carbonyl (C=O) groups is 1. The van der Waals surface area contributed by atoms with Crippen LogP contribution in [0.3, 0.4) is 0 Å². The van der Waals surface area contributed by atoms with Gasteiger partial charge in [0.25, 0.3) is 0 Å². The molecule has 0 unspecified atom stereocenters. The molecule has 1 saturated heterocycles. The van der Waals surface area contributed by atoms with E-state index in [0.717, 1.165) is 19.4 Å². The van der Waals surface area contributed by atoms with Gasteiger partial charge in [0.1, 0.15) is 13.1 Å². The Morgan fingerprint density at radius 3 is 2.74 bits per heavy atom. The number of hydrogen-bond donors (Lipinski definition) is 3. The van der Waals surface area contributed by atoms with Crippen LogP contribution >= 0.6 is 0 Å². The molecule has 0 saturated carbocycles. The van der Waals surface area contributed by atoms with Gasteiger partial charge in [0, 0.05) is 25.3 Å². The van der Waals surface area contributed by atoms with Crippen molar-refractivity contribution in [2.75, 3.05) is 26.2 Å². The monoisotopic (exact) mass is 270 g/mol. The Kier molecular flexibility index (Phi) is 6.41. The Bertz CT molecular complexity index is 301. The number of carbonyl (C=O) groups excluding carboxylic acids is 1. The van der Waals surface area contributed by atoms with E-state index in [2.05, 4.69) is 17.5 Å². The molecule has 0 aliphatic carbocycles. The lowest BCUT2D eigenvalue weighted by molar-refractivity contribution is -1.10. The number of nitrogens with one attached hydrogen (secondary N) is 3. The first-order valence-corrected chi connectivity index (χ1v) is 6.85. The van der Waals surface area contributed by atoms with Crippen LogP contribution in [0.5, 0.6) is 0 Å². The van der Waals surface area contributed by atoms with Crippen LogP contribution in [0.1, 0.15) is 32.6 Å². The highest BCUT2D eigenvalue weighted by molar-refractivity contribution is 5.78. The molecule has 19 heavy (non-hydrogen) atoms. The molecule has 0 radical (unpaired) electrons. The molecule has 1 heterocycles. The van der Waals surface area contributed by atoms with Gasteiger partial charge in [0.05, 0.1) is 11.5 Å². The lowest BCUT2D eigenvalue weighted by atomic mass is 9.95. The van der Waals surface area contributed by atoms with Gasteiger partial charge in [-0.2, -0.15) is 10.5 Å². The average Bonchev–Trinajstić information content (AvgIpc) is 2.40. The van der Waals surface area contributed by atoms with E-state index in [1.807, 2.05) is 0 Å². The van der Waals surface area contributed by atoms with Gasteiger partial charge in [0.15, 0.2) is 6.54 Å². The standard InChI is InChI=1S/C12H23N5O2/c1-2-3-7-15-12(18)11-4-8-17(9-5-11,10-6-13)19-16-14/h6,11,13-14H,2-5,7-10H2,1H3/p+1. The van der Waals surface area contributed by atoms with Gasteiger partial charge in [-0.3, -0.25) is 4.79 Å². The number of piperidine rings is 1. The first kappa shape index (κ1) is 15.6. The Hall–Kier alpha value is -1.50. The van der Waals surface area contributed by atoms with Gasteiger partial charge >= 0.3 is 0 Å². The maximum Gasteiger partial charge on any atom is 0.223 e. The Morgan fingerprint density at radius 2 is 2.21 bits per heavy atom. The summed E-state index contributed by atoms with van der Waals surface area (Å²) in [5.74, 6) is 0.132. The fourth-order valence-electron chi connectivity index (χ4n) is 2.38. The van der Waals surface area contributed by atoms with E-state index in [1.165, 1.54) is 6.21 Å². The smallest absolute Gasteiger partial charge is 0.223 e. The van der Waals surface area contributed by atoms with Gasteiger partial charge in [0.2, 0.25) is 5.91 Å². The number of hydroxylamine groups is 3. The topological polar surface area (TPSA) is 98.4 Å². The summed E-state index contributed by atoms with van der Waals surface area (Å²) in [6.45, 7) is 4.46. The fraction of sp³-hybridized carbons (Fsp3) is 0.833. The number of amides is 1. The van der Waals surface area contributed by atoms with E-state index in [-0.39, 0.29) is 16.5 Å². The molecule has 7 heteroatoms. The van der Waals surface area contributed by atoms with E-state index >= 15 is 0 Å². The molecule has 0 atom stereocenters. The SMILES string of the molecule is CCCCNC(=O)C1CC[N+](CC=N)(ON=N)CC1. The Morgan fingerprint density at radius 1 is 1.53 bits per heavy atom. The lowest BCUT2D eigenvalue weighted by Crippen LogP contribution is -2.54. The summed E-state index contributed by atoms with van der Waals surface area (Å²) in [5, 5.41) is 13.1. The molecule has 1 amide bonds. The average molecular weight is 270 g/mol. The largest absolute Gasteiger partial charge is 0.356 e.